The Morgan fingerprint density at radius 2 is 2.33 bits per heavy atom. The third-order valence-electron chi connectivity index (χ3n) is 2.66. The molecular weight excluding hydrogens is 192 g/mol. The Morgan fingerprint density at radius 3 is 3.00 bits per heavy atom. The van der Waals surface area contributed by atoms with Crippen LogP contribution in [0.4, 0.5) is 0 Å². The first-order chi connectivity index (χ1) is 7.33. The Kier molecular flexibility index (Phi) is 6.41. The number of hydrogen-bond donors (Lipinski definition) is 0. The molecule has 1 fully saturated rings. The van der Waals surface area contributed by atoms with Gasteiger partial charge in [-0.3, -0.25) is 4.79 Å². The lowest BCUT2D eigenvalue weighted by atomic mass is 10.1. The Hall–Kier alpha value is -0.570. The molecule has 3 nitrogen and oxygen atoms in total. The number of ether oxygens (including phenoxy) is 2. The van der Waals surface area contributed by atoms with E-state index in [4.69, 9.17) is 9.47 Å². The van der Waals surface area contributed by atoms with Gasteiger partial charge >= 0.3 is 5.97 Å². The fourth-order valence-electron chi connectivity index (χ4n) is 1.81. The molecule has 0 N–H and O–H groups in total. The second-order valence-electron chi connectivity index (χ2n) is 4.10. The molecule has 1 atom stereocenters. The molecule has 0 aliphatic carbocycles. The van der Waals surface area contributed by atoms with Gasteiger partial charge in [-0.1, -0.05) is 6.92 Å². The zero-order valence-electron chi connectivity index (χ0n) is 9.67. The summed E-state index contributed by atoms with van der Waals surface area (Å²) in [7, 11) is 0. The maximum Gasteiger partial charge on any atom is 0.305 e. The van der Waals surface area contributed by atoms with E-state index in [0.717, 1.165) is 32.3 Å². The number of carbonyl (C=O) groups excluding carboxylic acids is 1. The van der Waals surface area contributed by atoms with Gasteiger partial charge in [0.15, 0.2) is 0 Å². The zero-order chi connectivity index (χ0) is 10.9. The largest absolute Gasteiger partial charge is 0.466 e. The van der Waals surface area contributed by atoms with Gasteiger partial charge in [0, 0.05) is 13.0 Å². The van der Waals surface area contributed by atoms with Crippen molar-refractivity contribution in [2.45, 2.75) is 58.0 Å². The van der Waals surface area contributed by atoms with E-state index in [2.05, 4.69) is 0 Å². The van der Waals surface area contributed by atoms with E-state index < -0.39 is 0 Å². The van der Waals surface area contributed by atoms with Gasteiger partial charge in [-0.05, 0) is 38.5 Å². The van der Waals surface area contributed by atoms with E-state index in [1.807, 2.05) is 6.92 Å². The van der Waals surface area contributed by atoms with Crippen molar-refractivity contribution in [3.05, 3.63) is 0 Å². The third-order valence-corrected chi connectivity index (χ3v) is 2.66. The van der Waals surface area contributed by atoms with Crippen molar-refractivity contribution in [2.24, 2.45) is 0 Å². The van der Waals surface area contributed by atoms with Crippen LogP contribution >= 0.6 is 0 Å². The molecule has 0 saturated carbocycles. The number of unbranched alkanes of at least 4 members (excludes halogenated alkanes) is 1. The quantitative estimate of drug-likeness (QED) is 0.483. The minimum absolute atomic E-state index is 0.0605. The van der Waals surface area contributed by atoms with E-state index in [1.54, 1.807) is 0 Å². The molecule has 0 amide bonds. The number of hydrogen-bond acceptors (Lipinski definition) is 3. The Morgan fingerprint density at radius 1 is 1.47 bits per heavy atom. The second-order valence-corrected chi connectivity index (χ2v) is 4.10. The van der Waals surface area contributed by atoms with Crippen LogP contribution in [0.25, 0.3) is 0 Å². The standard InChI is InChI=1S/C12H22O3/c1-2-6-12(13)15-9-4-3-7-11-8-5-10-14-11/h11H,2-10H2,1H3/t11-/m0/s1. The van der Waals surface area contributed by atoms with Crippen LogP contribution in [0.2, 0.25) is 0 Å². The summed E-state index contributed by atoms with van der Waals surface area (Å²) in [5.74, 6) is -0.0605. The van der Waals surface area contributed by atoms with Gasteiger partial charge < -0.3 is 9.47 Å². The second kappa shape index (κ2) is 7.69. The Labute approximate surface area is 92.1 Å². The summed E-state index contributed by atoms with van der Waals surface area (Å²) in [6, 6.07) is 0. The average Bonchev–Trinajstić information content (AvgIpc) is 2.70. The third kappa shape index (κ3) is 5.78. The van der Waals surface area contributed by atoms with Gasteiger partial charge in [0.2, 0.25) is 0 Å². The summed E-state index contributed by atoms with van der Waals surface area (Å²) in [5.41, 5.74) is 0. The molecule has 0 bridgehead atoms. The normalized spacial score (nSPS) is 20.5. The molecule has 0 spiro atoms. The summed E-state index contributed by atoms with van der Waals surface area (Å²) in [4.78, 5) is 11.0. The van der Waals surface area contributed by atoms with Crippen LogP contribution < -0.4 is 0 Å². The van der Waals surface area contributed by atoms with Crippen molar-refractivity contribution < 1.29 is 14.3 Å². The number of rotatable bonds is 7. The highest BCUT2D eigenvalue weighted by atomic mass is 16.5. The molecule has 3 heteroatoms. The van der Waals surface area contributed by atoms with Gasteiger partial charge in [-0.15, -0.1) is 0 Å². The topological polar surface area (TPSA) is 35.5 Å². The van der Waals surface area contributed by atoms with Crippen molar-refractivity contribution in [1.82, 2.24) is 0 Å². The van der Waals surface area contributed by atoms with Crippen LogP contribution in [-0.2, 0) is 14.3 Å². The number of carbonyl (C=O) groups is 1. The molecule has 0 aromatic rings. The van der Waals surface area contributed by atoms with E-state index in [-0.39, 0.29) is 5.97 Å². The van der Waals surface area contributed by atoms with Gasteiger partial charge in [0.25, 0.3) is 0 Å². The van der Waals surface area contributed by atoms with Crippen LogP contribution in [0.15, 0.2) is 0 Å². The average molecular weight is 214 g/mol. The van der Waals surface area contributed by atoms with E-state index in [1.165, 1.54) is 12.8 Å². The molecule has 1 rings (SSSR count). The van der Waals surface area contributed by atoms with Crippen LogP contribution in [0, 0.1) is 0 Å². The summed E-state index contributed by atoms with van der Waals surface area (Å²) in [6.07, 6.45) is 7.48. The highest BCUT2D eigenvalue weighted by Gasteiger charge is 2.14. The zero-order valence-corrected chi connectivity index (χ0v) is 9.67. The predicted octanol–water partition coefficient (Wildman–Crippen LogP) is 2.68. The molecule has 1 aliphatic rings. The van der Waals surface area contributed by atoms with Crippen molar-refractivity contribution in [3.63, 3.8) is 0 Å². The lowest BCUT2D eigenvalue weighted by Gasteiger charge is -2.08. The van der Waals surface area contributed by atoms with Crippen molar-refractivity contribution >= 4 is 5.97 Å². The molecule has 0 radical (unpaired) electrons. The van der Waals surface area contributed by atoms with E-state index in [0.29, 0.717) is 19.1 Å². The number of esters is 1. The van der Waals surface area contributed by atoms with E-state index in [9.17, 15) is 4.79 Å². The molecule has 0 aromatic carbocycles. The van der Waals surface area contributed by atoms with Crippen molar-refractivity contribution in [3.8, 4) is 0 Å². The van der Waals surface area contributed by atoms with Crippen LogP contribution in [0.5, 0.6) is 0 Å². The summed E-state index contributed by atoms with van der Waals surface area (Å²) < 4.78 is 10.6. The van der Waals surface area contributed by atoms with Gasteiger partial charge in [0.1, 0.15) is 0 Å². The molecule has 0 unspecified atom stereocenters. The lowest BCUT2D eigenvalue weighted by molar-refractivity contribution is -0.143. The molecule has 88 valence electrons. The van der Waals surface area contributed by atoms with Crippen molar-refractivity contribution in [2.75, 3.05) is 13.2 Å². The molecular formula is C12H22O3. The van der Waals surface area contributed by atoms with Crippen LogP contribution in [-0.4, -0.2) is 25.3 Å². The van der Waals surface area contributed by atoms with Crippen molar-refractivity contribution in [1.29, 1.82) is 0 Å². The summed E-state index contributed by atoms with van der Waals surface area (Å²) in [6.45, 7) is 3.49. The minimum Gasteiger partial charge on any atom is -0.466 e. The highest BCUT2D eigenvalue weighted by Crippen LogP contribution is 2.17. The van der Waals surface area contributed by atoms with E-state index >= 15 is 0 Å². The Bertz CT molecular complexity index is 174. The smallest absolute Gasteiger partial charge is 0.305 e. The molecule has 1 aliphatic heterocycles. The van der Waals surface area contributed by atoms with Gasteiger partial charge in [-0.2, -0.15) is 0 Å². The van der Waals surface area contributed by atoms with Crippen LogP contribution in [0.1, 0.15) is 51.9 Å². The first-order valence-electron chi connectivity index (χ1n) is 6.10. The first-order valence-corrected chi connectivity index (χ1v) is 6.10. The van der Waals surface area contributed by atoms with Crippen LogP contribution in [0.3, 0.4) is 0 Å². The van der Waals surface area contributed by atoms with Gasteiger partial charge in [0.05, 0.1) is 12.7 Å². The first kappa shape index (κ1) is 12.5. The Balaban J connectivity index is 1.86. The predicted molar refractivity (Wildman–Crippen MR) is 58.7 cm³/mol. The molecule has 15 heavy (non-hydrogen) atoms. The fraction of sp³-hybridized carbons (Fsp3) is 0.917. The highest BCUT2D eigenvalue weighted by molar-refractivity contribution is 5.69. The summed E-state index contributed by atoms with van der Waals surface area (Å²) >= 11 is 0. The minimum atomic E-state index is -0.0605. The molecule has 0 aromatic heterocycles. The maximum absolute atomic E-state index is 11.0. The fourth-order valence-corrected chi connectivity index (χ4v) is 1.81. The molecule has 1 heterocycles. The maximum atomic E-state index is 11.0. The van der Waals surface area contributed by atoms with Gasteiger partial charge in [-0.25, -0.2) is 0 Å². The monoisotopic (exact) mass is 214 g/mol. The molecule has 1 saturated heterocycles. The lowest BCUT2D eigenvalue weighted by Crippen LogP contribution is -2.07. The summed E-state index contributed by atoms with van der Waals surface area (Å²) in [5, 5.41) is 0. The SMILES string of the molecule is CCCC(=O)OCCCC[C@H]1CCCO1.